The van der Waals surface area contributed by atoms with E-state index in [0.29, 0.717) is 21.5 Å². The highest BCUT2D eigenvalue weighted by Gasteiger charge is 2.28. The van der Waals surface area contributed by atoms with Gasteiger partial charge >= 0.3 is 5.97 Å². The molecule has 6 nitrogen and oxygen atoms in total. The van der Waals surface area contributed by atoms with Gasteiger partial charge in [-0.05, 0) is 55.9 Å². The zero-order chi connectivity index (χ0) is 20.0. The third-order valence-electron chi connectivity index (χ3n) is 5.18. The van der Waals surface area contributed by atoms with E-state index in [9.17, 15) is 14.4 Å². The van der Waals surface area contributed by atoms with Gasteiger partial charge in [0.15, 0.2) is 11.2 Å². The van der Waals surface area contributed by atoms with Gasteiger partial charge in [-0.25, -0.2) is 4.79 Å². The topological polar surface area (TPSA) is 85.6 Å². The van der Waals surface area contributed by atoms with Crippen molar-refractivity contribution in [2.75, 3.05) is 12.4 Å². The minimum Gasteiger partial charge on any atom is -0.465 e. The number of esters is 1. The average molecular weight is 397 g/mol. The summed E-state index contributed by atoms with van der Waals surface area (Å²) in [6.45, 7) is 3.76. The Morgan fingerprint density at radius 2 is 2.00 bits per heavy atom. The molecule has 144 valence electrons. The lowest BCUT2D eigenvalue weighted by Crippen LogP contribution is -2.17. The second kappa shape index (κ2) is 6.91. The van der Waals surface area contributed by atoms with Crippen LogP contribution in [0.15, 0.2) is 27.4 Å². The number of amides is 1. The van der Waals surface area contributed by atoms with Crippen molar-refractivity contribution >= 4 is 39.2 Å². The molecule has 0 fully saturated rings. The van der Waals surface area contributed by atoms with Crippen molar-refractivity contribution in [2.24, 2.45) is 0 Å². The monoisotopic (exact) mass is 397 g/mol. The number of rotatable bonds is 3. The first-order valence-corrected chi connectivity index (χ1v) is 9.80. The second-order valence-corrected chi connectivity index (χ2v) is 7.97. The summed E-state index contributed by atoms with van der Waals surface area (Å²) < 4.78 is 10.7. The van der Waals surface area contributed by atoms with Gasteiger partial charge in [0.1, 0.15) is 10.6 Å². The van der Waals surface area contributed by atoms with E-state index in [1.54, 1.807) is 6.07 Å². The van der Waals surface area contributed by atoms with Gasteiger partial charge in [0, 0.05) is 10.9 Å². The molecule has 7 heteroatoms. The fourth-order valence-electron chi connectivity index (χ4n) is 3.54. The molecule has 2 heterocycles. The third-order valence-corrected chi connectivity index (χ3v) is 6.39. The summed E-state index contributed by atoms with van der Waals surface area (Å²) >= 11 is 1.38. The largest absolute Gasteiger partial charge is 0.465 e. The van der Waals surface area contributed by atoms with Crippen molar-refractivity contribution in [1.29, 1.82) is 0 Å². The van der Waals surface area contributed by atoms with Crippen LogP contribution in [0.1, 0.15) is 48.9 Å². The van der Waals surface area contributed by atoms with Gasteiger partial charge in [-0.1, -0.05) is 6.07 Å². The van der Waals surface area contributed by atoms with E-state index in [0.717, 1.165) is 40.8 Å². The second-order valence-electron chi connectivity index (χ2n) is 6.87. The molecule has 1 N–H and O–H groups in total. The number of carbonyl (C=O) groups is 2. The number of hydrogen-bond donors (Lipinski definition) is 1. The molecular formula is C21H19NO5S. The van der Waals surface area contributed by atoms with Crippen molar-refractivity contribution < 1.29 is 18.7 Å². The Morgan fingerprint density at radius 3 is 2.75 bits per heavy atom. The molecule has 28 heavy (non-hydrogen) atoms. The van der Waals surface area contributed by atoms with Crippen LogP contribution in [0.25, 0.3) is 11.0 Å². The number of methoxy groups -OCH3 is 1. The first-order chi connectivity index (χ1) is 13.4. The van der Waals surface area contributed by atoms with Crippen molar-refractivity contribution in [3.63, 3.8) is 0 Å². The van der Waals surface area contributed by atoms with Crippen LogP contribution in [0.2, 0.25) is 0 Å². The van der Waals surface area contributed by atoms with Crippen molar-refractivity contribution in [3.05, 3.63) is 61.3 Å². The van der Waals surface area contributed by atoms with Crippen LogP contribution >= 0.6 is 11.3 Å². The van der Waals surface area contributed by atoms with Crippen molar-refractivity contribution in [3.8, 4) is 0 Å². The highest BCUT2D eigenvalue weighted by molar-refractivity contribution is 7.17. The van der Waals surface area contributed by atoms with Gasteiger partial charge in [0.05, 0.1) is 18.1 Å². The number of carbonyl (C=O) groups excluding carboxylic acids is 2. The molecule has 1 amide bonds. The zero-order valence-electron chi connectivity index (χ0n) is 15.8. The molecule has 0 bridgehead atoms. The van der Waals surface area contributed by atoms with Crippen LogP contribution in [0.4, 0.5) is 5.00 Å². The number of nitrogens with one attached hydrogen (secondary N) is 1. The van der Waals surface area contributed by atoms with Crippen LogP contribution in [0.3, 0.4) is 0 Å². The fraction of sp³-hybridized carbons (Fsp3) is 0.286. The number of hydrogen-bond acceptors (Lipinski definition) is 6. The summed E-state index contributed by atoms with van der Waals surface area (Å²) in [5.41, 5.74) is 3.25. The van der Waals surface area contributed by atoms with E-state index in [1.807, 2.05) is 19.9 Å². The Labute approximate surface area is 165 Å². The van der Waals surface area contributed by atoms with Crippen LogP contribution in [-0.2, 0) is 17.6 Å². The Hall–Kier alpha value is -2.93. The lowest BCUT2D eigenvalue weighted by atomic mass is 10.1. The number of thiophene rings is 1. The molecule has 0 radical (unpaired) electrons. The van der Waals surface area contributed by atoms with E-state index < -0.39 is 11.9 Å². The number of anilines is 1. The SMILES string of the molecule is COC(=O)c1c(NC(=O)c2cc(=O)c3ccc(C)c(C)c3o2)sc2c1CCC2. The summed E-state index contributed by atoms with van der Waals surface area (Å²) in [6, 6.07) is 4.74. The van der Waals surface area contributed by atoms with E-state index in [1.165, 1.54) is 24.5 Å². The molecule has 0 atom stereocenters. The molecule has 0 aliphatic heterocycles. The molecule has 1 aliphatic rings. The number of ether oxygens (including phenoxy) is 1. The highest BCUT2D eigenvalue weighted by Crippen LogP contribution is 2.39. The highest BCUT2D eigenvalue weighted by atomic mass is 32.1. The molecule has 0 saturated carbocycles. The molecule has 4 rings (SSSR count). The molecule has 1 aliphatic carbocycles. The van der Waals surface area contributed by atoms with Gasteiger partial charge in [-0.3, -0.25) is 9.59 Å². The minimum atomic E-state index is -0.565. The molecule has 0 saturated heterocycles. The Kier molecular flexibility index (Phi) is 4.55. The van der Waals surface area contributed by atoms with Crippen LogP contribution in [0, 0.1) is 13.8 Å². The predicted molar refractivity (Wildman–Crippen MR) is 108 cm³/mol. The summed E-state index contributed by atoms with van der Waals surface area (Å²) in [6.07, 6.45) is 2.65. The summed E-state index contributed by atoms with van der Waals surface area (Å²) in [4.78, 5) is 38.6. The molecule has 3 aromatic rings. The van der Waals surface area contributed by atoms with Gasteiger partial charge in [-0.2, -0.15) is 0 Å². The summed E-state index contributed by atoms with van der Waals surface area (Å²) in [5.74, 6) is -1.12. The first-order valence-electron chi connectivity index (χ1n) is 8.99. The van der Waals surface area contributed by atoms with E-state index in [-0.39, 0.29) is 11.2 Å². The van der Waals surface area contributed by atoms with Crippen LogP contribution < -0.4 is 10.7 Å². The lowest BCUT2D eigenvalue weighted by Gasteiger charge is -2.09. The first kappa shape index (κ1) is 18.4. The van der Waals surface area contributed by atoms with E-state index >= 15 is 0 Å². The molecule has 2 aromatic heterocycles. The maximum atomic E-state index is 12.8. The van der Waals surface area contributed by atoms with Gasteiger partial charge < -0.3 is 14.5 Å². The van der Waals surface area contributed by atoms with Gasteiger partial charge in [0.2, 0.25) is 0 Å². The van der Waals surface area contributed by atoms with E-state index in [2.05, 4.69) is 5.32 Å². The molecule has 0 spiro atoms. The lowest BCUT2D eigenvalue weighted by molar-refractivity contribution is 0.0601. The van der Waals surface area contributed by atoms with Crippen LogP contribution in [0.5, 0.6) is 0 Å². The average Bonchev–Trinajstić information content (AvgIpc) is 3.25. The molecular weight excluding hydrogens is 378 g/mol. The third kappa shape index (κ3) is 2.92. The fourth-order valence-corrected chi connectivity index (χ4v) is 4.81. The Balaban J connectivity index is 1.75. The summed E-state index contributed by atoms with van der Waals surface area (Å²) in [7, 11) is 1.32. The van der Waals surface area contributed by atoms with Gasteiger partial charge in [0.25, 0.3) is 5.91 Å². The molecule has 1 aromatic carbocycles. The Bertz CT molecular complexity index is 1190. The maximum absolute atomic E-state index is 12.8. The maximum Gasteiger partial charge on any atom is 0.341 e. The van der Waals surface area contributed by atoms with E-state index in [4.69, 9.17) is 9.15 Å². The summed E-state index contributed by atoms with van der Waals surface area (Å²) in [5, 5.41) is 3.61. The number of fused-ring (bicyclic) bond motifs is 2. The smallest absolute Gasteiger partial charge is 0.341 e. The van der Waals surface area contributed by atoms with Gasteiger partial charge in [-0.15, -0.1) is 11.3 Å². The predicted octanol–water partition coefficient (Wildman–Crippen LogP) is 4.00. The normalized spacial score (nSPS) is 12.8. The quantitative estimate of drug-likeness (QED) is 0.675. The minimum absolute atomic E-state index is 0.0874. The van der Waals surface area contributed by atoms with Crippen molar-refractivity contribution in [1.82, 2.24) is 0 Å². The standard InChI is InChI=1S/C21H19NO5S/c1-10-7-8-12-14(23)9-15(27-18(12)11(10)2)19(24)22-20-17(21(25)26-3)13-5-4-6-16(13)28-20/h7-9H,4-6H2,1-3H3,(H,22,24). The number of benzene rings is 1. The molecule has 0 unspecified atom stereocenters. The number of aryl methyl sites for hydroxylation is 3. The Morgan fingerprint density at radius 1 is 1.21 bits per heavy atom. The zero-order valence-corrected chi connectivity index (χ0v) is 16.6. The van der Waals surface area contributed by atoms with Crippen molar-refractivity contribution in [2.45, 2.75) is 33.1 Å². The van der Waals surface area contributed by atoms with Crippen LogP contribution in [-0.4, -0.2) is 19.0 Å².